The maximum atomic E-state index is 2.26. The van der Waals surface area contributed by atoms with E-state index in [1.54, 1.807) is 0 Å². The van der Waals surface area contributed by atoms with Gasteiger partial charge in [-0.1, -0.05) is 30.3 Å². The molecular formula is C13H15Na. The van der Waals surface area contributed by atoms with Crippen LogP contribution in [-0.4, -0.2) is 0 Å². The molecule has 14 heavy (non-hydrogen) atoms. The van der Waals surface area contributed by atoms with E-state index in [-0.39, 0.29) is 31.0 Å². The van der Waals surface area contributed by atoms with Crippen LogP contribution in [0.15, 0.2) is 30.3 Å². The molecule has 2 aromatic carbocycles. The maximum absolute atomic E-state index is 2.26. The Bertz CT molecular complexity index is 463. The molecule has 0 aliphatic carbocycles. The van der Waals surface area contributed by atoms with Gasteiger partial charge in [0.1, 0.15) is 0 Å². The van der Waals surface area contributed by atoms with Crippen LogP contribution >= 0.6 is 0 Å². The Morgan fingerprint density at radius 1 is 0.929 bits per heavy atom. The SMILES string of the molecule is Cc1cc2ccccc2c(C)c1C.[H-].[Na+]. The van der Waals surface area contributed by atoms with Crippen molar-refractivity contribution in [3.8, 4) is 0 Å². The third-order valence-electron chi connectivity index (χ3n) is 2.89. The molecule has 0 spiro atoms. The predicted octanol–water partition coefficient (Wildman–Crippen LogP) is 0.882. The molecule has 2 aromatic rings. The van der Waals surface area contributed by atoms with Crippen LogP contribution in [0.5, 0.6) is 0 Å². The van der Waals surface area contributed by atoms with Crippen molar-refractivity contribution in [1.29, 1.82) is 0 Å². The van der Waals surface area contributed by atoms with E-state index in [1.165, 1.54) is 27.5 Å². The second-order valence-corrected chi connectivity index (χ2v) is 3.66. The average Bonchev–Trinajstić information content (AvgIpc) is 2.15. The van der Waals surface area contributed by atoms with Crippen molar-refractivity contribution >= 4 is 10.8 Å². The average molecular weight is 194 g/mol. The van der Waals surface area contributed by atoms with Gasteiger partial charge in [-0.2, -0.15) is 0 Å². The van der Waals surface area contributed by atoms with Gasteiger partial charge in [0.25, 0.3) is 0 Å². The van der Waals surface area contributed by atoms with E-state index in [1.807, 2.05) is 0 Å². The van der Waals surface area contributed by atoms with Gasteiger partial charge in [0.2, 0.25) is 0 Å². The Kier molecular flexibility index (Phi) is 3.77. The summed E-state index contributed by atoms with van der Waals surface area (Å²) >= 11 is 0. The largest absolute Gasteiger partial charge is 1.00 e. The van der Waals surface area contributed by atoms with Crippen molar-refractivity contribution in [2.24, 2.45) is 0 Å². The van der Waals surface area contributed by atoms with E-state index in [0.717, 1.165) is 0 Å². The number of fused-ring (bicyclic) bond motifs is 1. The molecule has 0 atom stereocenters. The van der Waals surface area contributed by atoms with Crippen molar-refractivity contribution in [2.45, 2.75) is 20.8 Å². The summed E-state index contributed by atoms with van der Waals surface area (Å²) in [6, 6.07) is 10.8. The summed E-state index contributed by atoms with van der Waals surface area (Å²) in [5, 5.41) is 2.73. The maximum Gasteiger partial charge on any atom is 1.00 e. The zero-order valence-electron chi connectivity index (χ0n) is 10.4. The van der Waals surface area contributed by atoms with Crippen LogP contribution in [0.4, 0.5) is 0 Å². The van der Waals surface area contributed by atoms with Gasteiger partial charge in [0, 0.05) is 0 Å². The first kappa shape index (κ1) is 11.8. The molecule has 0 saturated carbocycles. The molecule has 0 aromatic heterocycles. The van der Waals surface area contributed by atoms with E-state index in [4.69, 9.17) is 0 Å². The normalized spacial score (nSPS) is 9.93. The molecule has 0 nitrogen and oxygen atoms in total. The van der Waals surface area contributed by atoms with E-state index >= 15 is 0 Å². The number of aryl methyl sites for hydroxylation is 2. The second-order valence-electron chi connectivity index (χ2n) is 3.66. The van der Waals surface area contributed by atoms with Crippen molar-refractivity contribution in [2.75, 3.05) is 0 Å². The van der Waals surface area contributed by atoms with Crippen LogP contribution in [0, 0.1) is 20.8 Å². The zero-order chi connectivity index (χ0) is 9.42. The van der Waals surface area contributed by atoms with Crippen LogP contribution in [-0.2, 0) is 0 Å². The molecule has 0 aliphatic heterocycles. The molecule has 2 rings (SSSR count). The Morgan fingerprint density at radius 3 is 2.29 bits per heavy atom. The summed E-state index contributed by atoms with van der Waals surface area (Å²) in [7, 11) is 0. The molecule has 0 heterocycles. The summed E-state index contributed by atoms with van der Waals surface area (Å²) in [5.74, 6) is 0. The molecule has 0 aliphatic rings. The Balaban J connectivity index is 0.000000980. The number of rotatable bonds is 0. The Hall–Kier alpha value is -0.300. The minimum atomic E-state index is 0. The number of hydrogen-bond acceptors (Lipinski definition) is 0. The van der Waals surface area contributed by atoms with Crippen molar-refractivity contribution in [3.63, 3.8) is 0 Å². The fourth-order valence-electron chi connectivity index (χ4n) is 1.80. The summed E-state index contributed by atoms with van der Waals surface area (Å²) in [4.78, 5) is 0. The minimum Gasteiger partial charge on any atom is -1.00 e. The molecule has 0 saturated heterocycles. The van der Waals surface area contributed by atoms with Gasteiger partial charge in [-0.15, -0.1) is 0 Å². The molecule has 0 radical (unpaired) electrons. The fourth-order valence-corrected chi connectivity index (χ4v) is 1.80. The van der Waals surface area contributed by atoms with Gasteiger partial charge in [0.05, 0.1) is 0 Å². The Morgan fingerprint density at radius 2 is 1.57 bits per heavy atom. The quantitative estimate of drug-likeness (QED) is 0.546. The molecule has 68 valence electrons. The Labute approximate surface area is 109 Å². The van der Waals surface area contributed by atoms with Crippen LogP contribution in [0.2, 0.25) is 0 Å². The molecule has 0 fully saturated rings. The van der Waals surface area contributed by atoms with Crippen molar-refractivity contribution in [3.05, 3.63) is 47.0 Å². The molecule has 1 heteroatoms. The van der Waals surface area contributed by atoms with E-state index < -0.39 is 0 Å². The van der Waals surface area contributed by atoms with Crippen LogP contribution in [0.1, 0.15) is 18.1 Å². The molecule has 0 unspecified atom stereocenters. The van der Waals surface area contributed by atoms with Gasteiger partial charge in [0.15, 0.2) is 0 Å². The summed E-state index contributed by atoms with van der Waals surface area (Å²) in [6.45, 7) is 6.57. The first-order valence-corrected chi connectivity index (χ1v) is 4.65. The zero-order valence-corrected chi connectivity index (χ0v) is 11.4. The molecule has 0 bridgehead atoms. The smallest absolute Gasteiger partial charge is 1.00 e. The topological polar surface area (TPSA) is 0 Å². The van der Waals surface area contributed by atoms with Gasteiger partial charge < -0.3 is 1.43 Å². The minimum absolute atomic E-state index is 0. The summed E-state index contributed by atoms with van der Waals surface area (Å²) < 4.78 is 0. The standard InChI is InChI=1S/C13H14.Na.H/c1-9-8-12-6-4-5-7-13(12)11(3)10(9)2;;/h4-8H,1-3H3;;/q;+1;-1. The summed E-state index contributed by atoms with van der Waals surface area (Å²) in [5.41, 5.74) is 4.21. The van der Waals surface area contributed by atoms with Crippen molar-refractivity contribution in [1.82, 2.24) is 0 Å². The molecule has 0 N–H and O–H groups in total. The number of hydrogen-bond donors (Lipinski definition) is 0. The number of benzene rings is 2. The van der Waals surface area contributed by atoms with Gasteiger partial charge in [-0.3, -0.25) is 0 Å². The van der Waals surface area contributed by atoms with Gasteiger partial charge in [-0.25, -0.2) is 0 Å². The first-order chi connectivity index (χ1) is 6.20. The van der Waals surface area contributed by atoms with E-state index in [0.29, 0.717) is 0 Å². The third-order valence-corrected chi connectivity index (χ3v) is 2.89. The molecule has 0 amide bonds. The van der Waals surface area contributed by atoms with Gasteiger partial charge >= 0.3 is 29.6 Å². The first-order valence-electron chi connectivity index (χ1n) is 4.65. The monoisotopic (exact) mass is 194 g/mol. The second kappa shape index (κ2) is 4.48. The van der Waals surface area contributed by atoms with E-state index in [9.17, 15) is 0 Å². The van der Waals surface area contributed by atoms with Crippen molar-refractivity contribution < 1.29 is 31.0 Å². The van der Waals surface area contributed by atoms with Gasteiger partial charge in [-0.05, 0) is 48.2 Å². The van der Waals surface area contributed by atoms with Crippen LogP contribution in [0.25, 0.3) is 10.8 Å². The predicted molar refractivity (Wildman–Crippen MR) is 59.3 cm³/mol. The summed E-state index contributed by atoms with van der Waals surface area (Å²) in [6.07, 6.45) is 0. The van der Waals surface area contributed by atoms with Crippen LogP contribution < -0.4 is 29.6 Å². The molecular weight excluding hydrogens is 179 g/mol. The third kappa shape index (κ3) is 1.88. The fraction of sp³-hybridized carbons (Fsp3) is 0.231. The van der Waals surface area contributed by atoms with Crippen LogP contribution in [0.3, 0.4) is 0 Å². The van der Waals surface area contributed by atoms with E-state index in [2.05, 4.69) is 51.1 Å².